The summed E-state index contributed by atoms with van der Waals surface area (Å²) >= 11 is 0. The average molecular weight is 351 g/mol. The van der Waals surface area contributed by atoms with Gasteiger partial charge in [0.05, 0.1) is 18.1 Å². The zero-order chi connectivity index (χ0) is 17.2. The zero-order valence-electron chi connectivity index (χ0n) is 14.1. The summed E-state index contributed by atoms with van der Waals surface area (Å²) < 4.78 is 22.9. The molecule has 1 amide bonds. The van der Waals surface area contributed by atoms with Crippen molar-refractivity contribution in [3.8, 4) is 0 Å². The second kappa shape index (κ2) is 7.11. The van der Waals surface area contributed by atoms with Gasteiger partial charge in [0.2, 0.25) is 5.91 Å². The third-order valence-electron chi connectivity index (χ3n) is 4.70. The van der Waals surface area contributed by atoms with Crippen LogP contribution in [-0.2, 0) is 14.6 Å². The van der Waals surface area contributed by atoms with Crippen LogP contribution in [0, 0.1) is 6.92 Å². The van der Waals surface area contributed by atoms with Crippen LogP contribution in [-0.4, -0.2) is 69.5 Å². The van der Waals surface area contributed by atoms with Gasteiger partial charge in [-0.1, -0.05) is 12.1 Å². The van der Waals surface area contributed by atoms with E-state index < -0.39 is 9.84 Å². The quantitative estimate of drug-likeness (QED) is 0.851. The summed E-state index contributed by atoms with van der Waals surface area (Å²) in [4.78, 5) is 16.6. The smallest absolute Gasteiger partial charge is 0.234 e. The van der Waals surface area contributed by atoms with E-state index in [1.807, 2.05) is 0 Å². The Balaban J connectivity index is 1.44. The fourth-order valence-electron chi connectivity index (χ4n) is 3.37. The van der Waals surface area contributed by atoms with Crippen molar-refractivity contribution in [1.82, 2.24) is 10.2 Å². The summed E-state index contributed by atoms with van der Waals surface area (Å²) in [6, 6.07) is 8.25. The summed E-state index contributed by atoms with van der Waals surface area (Å²) in [5.41, 5.74) is 2.48. The van der Waals surface area contributed by atoms with Crippen molar-refractivity contribution in [2.75, 3.05) is 49.1 Å². The van der Waals surface area contributed by atoms with Crippen LogP contribution < -0.4 is 10.2 Å². The van der Waals surface area contributed by atoms with E-state index in [-0.39, 0.29) is 23.5 Å². The summed E-state index contributed by atoms with van der Waals surface area (Å²) in [5.74, 6) is 0.202. The Morgan fingerprint density at radius 3 is 2.62 bits per heavy atom. The van der Waals surface area contributed by atoms with Crippen LogP contribution in [0.5, 0.6) is 0 Å². The molecule has 2 heterocycles. The molecule has 132 valence electrons. The van der Waals surface area contributed by atoms with Crippen molar-refractivity contribution in [2.45, 2.75) is 19.4 Å². The number of anilines is 1. The van der Waals surface area contributed by atoms with Crippen LogP contribution >= 0.6 is 0 Å². The van der Waals surface area contributed by atoms with Gasteiger partial charge in [0.1, 0.15) is 0 Å². The lowest BCUT2D eigenvalue weighted by atomic mass is 10.2. The molecule has 2 aliphatic rings. The molecule has 0 radical (unpaired) electrons. The highest BCUT2D eigenvalue weighted by atomic mass is 32.2. The number of piperazine rings is 1. The molecule has 1 aromatic carbocycles. The summed E-state index contributed by atoms with van der Waals surface area (Å²) in [6.07, 6.45) is 0.537. The Morgan fingerprint density at radius 2 is 2.00 bits per heavy atom. The number of rotatable bonds is 4. The second-order valence-corrected chi connectivity index (χ2v) is 9.00. The molecule has 7 heteroatoms. The van der Waals surface area contributed by atoms with E-state index in [9.17, 15) is 13.2 Å². The first-order valence-corrected chi connectivity index (χ1v) is 10.3. The third kappa shape index (κ3) is 4.48. The molecular weight excluding hydrogens is 326 g/mol. The molecule has 3 rings (SSSR count). The fraction of sp³-hybridized carbons (Fsp3) is 0.588. The highest BCUT2D eigenvalue weighted by Crippen LogP contribution is 2.17. The fourth-order valence-corrected chi connectivity index (χ4v) is 5.05. The maximum absolute atomic E-state index is 12.1. The number of nitrogens with one attached hydrogen (secondary N) is 1. The van der Waals surface area contributed by atoms with Gasteiger partial charge in [0.25, 0.3) is 0 Å². The molecule has 2 fully saturated rings. The number of hydrogen-bond acceptors (Lipinski definition) is 5. The highest BCUT2D eigenvalue weighted by Gasteiger charge is 2.29. The first-order valence-electron chi connectivity index (χ1n) is 8.45. The van der Waals surface area contributed by atoms with Gasteiger partial charge >= 0.3 is 0 Å². The molecule has 0 bridgehead atoms. The summed E-state index contributed by atoms with van der Waals surface area (Å²) in [5, 5.41) is 2.86. The van der Waals surface area contributed by atoms with Gasteiger partial charge in [-0.15, -0.1) is 0 Å². The van der Waals surface area contributed by atoms with E-state index in [2.05, 4.69) is 46.3 Å². The Morgan fingerprint density at radius 1 is 1.25 bits per heavy atom. The van der Waals surface area contributed by atoms with Crippen molar-refractivity contribution in [3.63, 3.8) is 0 Å². The molecule has 24 heavy (non-hydrogen) atoms. The van der Waals surface area contributed by atoms with Crippen LogP contribution in [0.4, 0.5) is 5.69 Å². The lowest BCUT2D eigenvalue weighted by Crippen LogP contribution is -2.50. The molecule has 0 saturated carbocycles. The standard InChI is InChI=1S/C17H25N3O3S/c1-14-3-2-4-16(11-14)20-8-6-19(7-9-20)12-17(21)18-15-5-10-24(22,23)13-15/h2-4,11,15H,5-10,12-13H2,1H3,(H,18,21)/t15-/m0/s1. The van der Waals surface area contributed by atoms with Crippen LogP contribution in [0.1, 0.15) is 12.0 Å². The lowest BCUT2D eigenvalue weighted by Gasteiger charge is -2.36. The minimum absolute atomic E-state index is 0.0684. The zero-order valence-corrected chi connectivity index (χ0v) is 14.9. The molecule has 0 aromatic heterocycles. The molecule has 0 aliphatic carbocycles. The Kier molecular flexibility index (Phi) is 5.10. The molecule has 2 saturated heterocycles. The van der Waals surface area contributed by atoms with Crippen LogP contribution in [0.25, 0.3) is 0 Å². The monoisotopic (exact) mass is 351 g/mol. The number of carbonyl (C=O) groups is 1. The van der Waals surface area contributed by atoms with Crippen LogP contribution in [0.15, 0.2) is 24.3 Å². The molecule has 1 N–H and O–H groups in total. The molecule has 1 aromatic rings. The van der Waals surface area contributed by atoms with Gasteiger partial charge in [-0.25, -0.2) is 8.42 Å². The highest BCUT2D eigenvalue weighted by molar-refractivity contribution is 7.91. The van der Waals surface area contributed by atoms with E-state index in [0.717, 1.165) is 26.2 Å². The third-order valence-corrected chi connectivity index (χ3v) is 6.47. The molecule has 1 atom stereocenters. The second-order valence-electron chi connectivity index (χ2n) is 6.77. The summed E-state index contributed by atoms with van der Waals surface area (Å²) in [7, 11) is -2.95. The summed E-state index contributed by atoms with van der Waals surface area (Å²) in [6.45, 7) is 5.91. The maximum atomic E-state index is 12.1. The van der Waals surface area contributed by atoms with Crippen molar-refractivity contribution >= 4 is 21.4 Å². The Labute approximate surface area is 143 Å². The Hall–Kier alpha value is -1.60. The van der Waals surface area contributed by atoms with Crippen molar-refractivity contribution in [1.29, 1.82) is 0 Å². The number of hydrogen-bond donors (Lipinski definition) is 1. The molecule has 2 aliphatic heterocycles. The molecule has 0 unspecified atom stereocenters. The van der Waals surface area contributed by atoms with Gasteiger partial charge in [-0.2, -0.15) is 0 Å². The number of benzene rings is 1. The van der Waals surface area contributed by atoms with E-state index in [4.69, 9.17) is 0 Å². The SMILES string of the molecule is Cc1cccc(N2CCN(CC(=O)N[C@H]3CCS(=O)(=O)C3)CC2)c1. The first kappa shape index (κ1) is 17.2. The number of amides is 1. The first-order chi connectivity index (χ1) is 11.4. The molecular formula is C17H25N3O3S. The van der Waals surface area contributed by atoms with E-state index in [1.165, 1.54) is 11.3 Å². The van der Waals surface area contributed by atoms with Gasteiger partial charge in [0, 0.05) is 37.9 Å². The molecule has 0 spiro atoms. The van der Waals surface area contributed by atoms with Gasteiger partial charge < -0.3 is 10.2 Å². The number of nitrogens with zero attached hydrogens (tertiary/aromatic N) is 2. The largest absolute Gasteiger partial charge is 0.369 e. The van der Waals surface area contributed by atoms with E-state index in [1.54, 1.807) is 0 Å². The number of sulfone groups is 1. The average Bonchev–Trinajstić information content (AvgIpc) is 2.86. The van der Waals surface area contributed by atoms with Crippen molar-refractivity contribution in [2.24, 2.45) is 0 Å². The Bertz CT molecular complexity index is 697. The van der Waals surface area contributed by atoms with Crippen LogP contribution in [0.2, 0.25) is 0 Å². The van der Waals surface area contributed by atoms with E-state index >= 15 is 0 Å². The molecule has 6 nitrogen and oxygen atoms in total. The van der Waals surface area contributed by atoms with Crippen molar-refractivity contribution in [3.05, 3.63) is 29.8 Å². The van der Waals surface area contributed by atoms with Gasteiger partial charge in [-0.3, -0.25) is 9.69 Å². The normalized spacial score (nSPS) is 24.0. The number of carbonyl (C=O) groups excluding carboxylic acids is 1. The predicted molar refractivity (Wildman–Crippen MR) is 95.0 cm³/mol. The minimum atomic E-state index is -2.95. The lowest BCUT2D eigenvalue weighted by molar-refractivity contribution is -0.122. The van der Waals surface area contributed by atoms with Crippen molar-refractivity contribution < 1.29 is 13.2 Å². The predicted octanol–water partition coefficient (Wildman–Crippen LogP) is 0.420. The maximum Gasteiger partial charge on any atom is 0.234 e. The van der Waals surface area contributed by atoms with E-state index in [0.29, 0.717) is 13.0 Å². The van der Waals surface area contributed by atoms with Gasteiger partial charge in [0.15, 0.2) is 9.84 Å². The minimum Gasteiger partial charge on any atom is -0.369 e. The van der Waals surface area contributed by atoms with Crippen LogP contribution in [0.3, 0.4) is 0 Å². The van der Waals surface area contributed by atoms with Gasteiger partial charge in [-0.05, 0) is 31.0 Å². The topological polar surface area (TPSA) is 69.7 Å². The number of aryl methyl sites for hydroxylation is 1.